The Kier molecular flexibility index (Phi) is 6.22. The molecular formula is C20H16Br2N2O3S. The molecule has 144 valence electrons. The molecule has 0 saturated carbocycles. The average Bonchev–Trinajstić information content (AvgIpc) is 2.66. The van der Waals surface area contributed by atoms with Crippen molar-refractivity contribution in [2.45, 2.75) is 11.8 Å². The van der Waals surface area contributed by atoms with E-state index < -0.39 is 10.0 Å². The highest BCUT2D eigenvalue weighted by Crippen LogP contribution is 2.35. The zero-order valence-electron chi connectivity index (χ0n) is 14.7. The van der Waals surface area contributed by atoms with Crippen molar-refractivity contribution in [2.24, 2.45) is 4.40 Å². The third-order valence-corrected chi connectivity index (χ3v) is 6.36. The molecule has 3 aromatic rings. The number of aryl methyl sites for hydroxylation is 1. The second kappa shape index (κ2) is 8.46. The van der Waals surface area contributed by atoms with E-state index in [4.69, 9.17) is 0 Å². The number of halogens is 2. The molecule has 0 aromatic heterocycles. The Labute approximate surface area is 180 Å². The third-order valence-electron chi connectivity index (χ3n) is 3.86. The van der Waals surface area contributed by atoms with Crippen LogP contribution in [0.4, 0.5) is 5.69 Å². The van der Waals surface area contributed by atoms with E-state index in [0.29, 0.717) is 20.2 Å². The first-order valence-electron chi connectivity index (χ1n) is 8.18. The molecule has 0 fully saturated rings. The van der Waals surface area contributed by atoms with Gasteiger partial charge in [0.1, 0.15) is 5.75 Å². The lowest BCUT2D eigenvalue weighted by atomic mass is 10.2. The minimum absolute atomic E-state index is 0.0519. The van der Waals surface area contributed by atoms with Crippen LogP contribution < -0.4 is 5.32 Å². The van der Waals surface area contributed by atoms with Gasteiger partial charge in [-0.2, -0.15) is 8.42 Å². The SMILES string of the molecule is Cc1ccc(S(=O)(=O)N=C(Nc2cc(Br)c(O)c(Br)c2)c2ccccc2)cc1. The first-order valence-corrected chi connectivity index (χ1v) is 11.2. The van der Waals surface area contributed by atoms with Crippen molar-refractivity contribution in [2.75, 3.05) is 5.32 Å². The lowest BCUT2D eigenvalue weighted by Crippen LogP contribution is -2.16. The fourth-order valence-electron chi connectivity index (χ4n) is 2.40. The second-order valence-electron chi connectivity index (χ2n) is 6.01. The fraction of sp³-hybridized carbons (Fsp3) is 0.0500. The maximum atomic E-state index is 12.8. The van der Waals surface area contributed by atoms with Gasteiger partial charge in [-0.15, -0.1) is 4.40 Å². The smallest absolute Gasteiger partial charge is 0.284 e. The summed E-state index contributed by atoms with van der Waals surface area (Å²) in [5, 5.41) is 12.9. The standard InChI is InChI=1S/C20H16Br2N2O3S/c1-13-7-9-16(10-8-13)28(26,27)24-20(14-5-3-2-4-6-14)23-15-11-17(21)19(25)18(22)12-15/h2-12,25H,1H3,(H,23,24). The molecule has 5 nitrogen and oxygen atoms in total. The van der Waals surface area contributed by atoms with Gasteiger partial charge in [0, 0.05) is 11.3 Å². The number of amidine groups is 1. The summed E-state index contributed by atoms with van der Waals surface area (Å²) in [4.78, 5) is 0.112. The molecule has 0 bridgehead atoms. The number of aromatic hydroxyl groups is 1. The van der Waals surface area contributed by atoms with Crippen LogP contribution in [0, 0.1) is 6.92 Å². The Morgan fingerprint density at radius 3 is 2.11 bits per heavy atom. The van der Waals surface area contributed by atoms with Gasteiger partial charge in [0.15, 0.2) is 5.84 Å². The monoisotopic (exact) mass is 522 g/mol. The van der Waals surface area contributed by atoms with Gasteiger partial charge in [0.2, 0.25) is 0 Å². The Balaban J connectivity index is 2.07. The van der Waals surface area contributed by atoms with Gasteiger partial charge in [0.25, 0.3) is 10.0 Å². The number of rotatable bonds is 4. The van der Waals surface area contributed by atoms with E-state index in [2.05, 4.69) is 41.6 Å². The highest BCUT2D eigenvalue weighted by Gasteiger charge is 2.16. The summed E-state index contributed by atoms with van der Waals surface area (Å²) >= 11 is 6.54. The van der Waals surface area contributed by atoms with Crippen LogP contribution in [0.15, 0.2) is 85.0 Å². The van der Waals surface area contributed by atoms with Crippen LogP contribution in [-0.4, -0.2) is 19.4 Å². The minimum atomic E-state index is -3.92. The van der Waals surface area contributed by atoms with Crippen LogP contribution in [0.2, 0.25) is 0 Å². The lowest BCUT2D eigenvalue weighted by molar-refractivity contribution is 0.468. The molecule has 0 radical (unpaired) electrons. The number of benzene rings is 3. The molecule has 0 unspecified atom stereocenters. The quantitative estimate of drug-likeness (QED) is 0.270. The molecular weight excluding hydrogens is 508 g/mol. The fourth-order valence-corrected chi connectivity index (χ4v) is 4.56. The number of anilines is 1. The molecule has 28 heavy (non-hydrogen) atoms. The van der Waals surface area contributed by atoms with Gasteiger partial charge in [0.05, 0.1) is 13.8 Å². The third kappa shape index (κ3) is 4.81. The van der Waals surface area contributed by atoms with Crippen LogP contribution in [0.25, 0.3) is 0 Å². The molecule has 3 rings (SSSR count). The summed E-state index contributed by atoms with van der Waals surface area (Å²) < 4.78 is 30.6. The van der Waals surface area contributed by atoms with E-state index in [-0.39, 0.29) is 16.5 Å². The Morgan fingerprint density at radius 1 is 0.964 bits per heavy atom. The average molecular weight is 524 g/mol. The zero-order chi connectivity index (χ0) is 20.3. The molecule has 3 aromatic carbocycles. The second-order valence-corrected chi connectivity index (χ2v) is 9.32. The van der Waals surface area contributed by atoms with Crippen LogP contribution in [-0.2, 0) is 10.0 Å². The minimum Gasteiger partial charge on any atom is -0.506 e. The highest BCUT2D eigenvalue weighted by molar-refractivity contribution is 9.11. The van der Waals surface area contributed by atoms with Crippen molar-refractivity contribution in [1.29, 1.82) is 0 Å². The maximum Gasteiger partial charge on any atom is 0.284 e. The van der Waals surface area contributed by atoms with E-state index in [9.17, 15) is 13.5 Å². The van der Waals surface area contributed by atoms with Crippen molar-refractivity contribution < 1.29 is 13.5 Å². The van der Waals surface area contributed by atoms with E-state index in [1.807, 2.05) is 13.0 Å². The summed E-state index contributed by atoms with van der Waals surface area (Å²) in [6, 6.07) is 18.8. The van der Waals surface area contributed by atoms with Gasteiger partial charge < -0.3 is 10.4 Å². The highest BCUT2D eigenvalue weighted by atomic mass is 79.9. The van der Waals surface area contributed by atoms with Crippen LogP contribution in [0.1, 0.15) is 11.1 Å². The summed E-state index contributed by atoms with van der Waals surface area (Å²) in [7, 11) is -3.92. The first kappa shape index (κ1) is 20.6. The van der Waals surface area contributed by atoms with Gasteiger partial charge >= 0.3 is 0 Å². The van der Waals surface area contributed by atoms with Crippen LogP contribution in [0.5, 0.6) is 5.75 Å². The largest absolute Gasteiger partial charge is 0.506 e. The molecule has 0 spiro atoms. The van der Waals surface area contributed by atoms with Crippen LogP contribution >= 0.6 is 31.9 Å². The number of nitrogens with zero attached hydrogens (tertiary/aromatic N) is 1. The normalized spacial score (nSPS) is 12.0. The van der Waals surface area contributed by atoms with Gasteiger partial charge in [-0.25, -0.2) is 0 Å². The molecule has 0 heterocycles. The molecule has 2 N–H and O–H groups in total. The molecule has 8 heteroatoms. The molecule has 0 aliphatic carbocycles. The topological polar surface area (TPSA) is 78.8 Å². The van der Waals surface area contributed by atoms with E-state index in [1.165, 1.54) is 12.1 Å². The van der Waals surface area contributed by atoms with Gasteiger partial charge in [-0.3, -0.25) is 0 Å². The van der Waals surface area contributed by atoms with Crippen molar-refractivity contribution >= 4 is 53.4 Å². The van der Waals surface area contributed by atoms with Gasteiger partial charge in [-0.05, 0) is 63.0 Å². The molecule has 0 atom stereocenters. The van der Waals surface area contributed by atoms with Gasteiger partial charge in [-0.1, -0.05) is 48.0 Å². The van der Waals surface area contributed by atoms with Crippen molar-refractivity contribution in [3.63, 3.8) is 0 Å². The molecule has 0 amide bonds. The molecule has 0 saturated heterocycles. The maximum absolute atomic E-state index is 12.8. The van der Waals surface area contributed by atoms with Crippen LogP contribution in [0.3, 0.4) is 0 Å². The summed E-state index contributed by atoms with van der Waals surface area (Å²) in [6.45, 7) is 1.89. The predicted octanol–water partition coefficient (Wildman–Crippen LogP) is 5.47. The number of nitrogens with one attached hydrogen (secondary N) is 1. The number of hydrogen-bond acceptors (Lipinski definition) is 3. The number of phenols is 1. The molecule has 0 aliphatic heterocycles. The zero-order valence-corrected chi connectivity index (χ0v) is 18.7. The predicted molar refractivity (Wildman–Crippen MR) is 118 cm³/mol. The summed E-state index contributed by atoms with van der Waals surface area (Å²) in [6.07, 6.45) is 0. The summed E-state index contributed by atoms with van der Waals surface area (Å²) in [5.41, 5.74) is 2.12. The Hall–Kier alpha value is -2.16. The number of sulfonamides is 1. The number of hydrogen-bond donors (Lipinski definition) is 2. The number of phenolic OH excluding ortho intramolecular Hbond substituents is 1. The lowest BCUT2D eigenvalue weighted by Gasteiger charge is -2.12. The summed E-state index contributed by atoms with van der Waals surface area (Å²) in [5.74, 6) is 0.224. The van der Waals surface area contributed by atoms with E-state index in [1.54, 1.807) is 48.5 Å². The Bertz CT molecular complexity index is 1110. The Morgan fingerprint density at radius 2 is 1.54 bits per heavy atom. The van der Waals surface area contributed by atoms with Crippen molar-refractivity contribution in [3.05, 3.63) is 86.8 Å². The van der Waals surface area contributed by atoms with E-state index in [0.717, 1.165) is 5.56 Å². The van der Waals surface area contributed by atoms with E-state index >= 15 is 0 Å². The van der Waals surface area contributed by atoms with Crippen molar-refractivity contribution in [3.8, 4) is 5.75 Å². The molecule has 0 aliphatic rings. The first-order chi connectivity index (χ1) is 13.3. The van der Waals surface area contributed by atoms with Crippen molar-refractivity contribution in [1.82, 2.24) is 0 Å².